The van der Waals surface area contributed by atoms with Crippen LogP contribution in [0, 0.1) is 11.8 Å². The van der Waals surface area contributed by atoms with Crippen LogP contribution < -0.4 is 0 Å². The molecule has 16 heavy (non-hydrogen) atoms. The molecule has 88 valence electrons. The Balaban J connectivity index is 3.62. The van der Waals surface area contributed by atoms with Gasteiger partial charge in [0.1, 0.15) is 0 Å². The van der Waals surface area contributed by atoms with Gasteiger partial charge >= 0.3 is 0 Å². The molecule has 1 heteroatoms. The first-order valence-corrected chi connectivity index (χ1v) is 5.91. The summed E-state index contributed by atoms with van der Waals surface area (Å²) in [5.74, 6) is 6.06. The van der Waals surface area contributed by atoms with E-state index in [2.05, 4.69) is 25.3 Å². The van der Waals surface area contributed by atoms with Gasteiger partial charge in [0, 0.05) is 12.8 Å². The maximum Gasteiger partial charge on any atom is 0.0833 e. The van der Waals surface area contributed by atoms with Gasteiger partial charge in [0.25, 0.3) is 0 Å². The van der Waals surface area contributed by atoms with E-state index in [9.17, 15) is 5.11 Å². The Morgan fingerprint density at radius 1 is 1.19 bits per heavy atom. The number of allylic oxidation sites excluding steroid dienone is 4. The molecule has 1 atom stereocenters. The second-order valence-corrected chi connectivity index (χ2v) is 3.59. The van der Waals surface area contributed by atoms with E-state index in [1.165, 1.54) is 12.8 Å². The molecule has 0 saturated heterocycles. The minimum Gasteiger partial charge on any atom is -0.388 e. The Labute approximate surface area is 99.6 Å². The third-order valence-electron chi connectivity index (χ3n) is 2.03. The van der Waals surface area contributed by atoms with Crippen molar-refractivity contribution >= 4 is 0 Å². The van der Waals surface area contributed by atoms with E-state index in [0.717, 1.165) is 12.8 Å². The predicted octanol–water partition coefficient (Wildman–Crippen LogP) is 3.62. The summed E-state index contributed by atoms with van der Waals surface area (Å²) in [5.41, 5.74) is 0. The summed E-state index contributed by atoms with van der Waals surface area (Å²) in [5, 5.41) is 9.50. The topological polar surface area (TPSA) is 20.2 Å². The molecule has 0 unspecified atom stereocenters. The molecule has 0 amide bonds. The van der Waals surface area contributed by atoms with Crippen molar-refractivity contribution in [3.05, 3.63) is 37.0 Å². The molecule has 0 aromatic carbocycles. The molecular formula is C15H22O. The number of rotatable bonds is 7. The highest BCUT2D eigenvalue weighted by Gasteiger charge is 1.92. The number of aliphatic hydroxyl groups excluding tert-OH is 1. The van der Waals surface area contributed by atoms with Crippen LogP contribution in [0.5, 0.6) is 0 Å². The van der Waals surface area contributed by atoms with Gasteiger partial charge in [-0.3, -0.25) is 0 Å². The fourth-order valence-corrected chi connectivity index (χ4v) is 1.13. The van der Waals surface area contributed by atoms with Crippen LogP contribution in [-0.4, -0.2) is 11.2 Å². The van der Waals surface area contributed by atoms with Gasteiger partial charge in [0.2, 0.25) is 0 Å². The van der Waals surface area contributed by atoms with Gasteiger partial charge in [-0.2, -0.15) is 0 Å². The smallest absolute Gasteiger partial charge is 0.0833 e. The molecule has 0 heterocycles. The molecular weight excluding hydrogens is 196 g/mol. The lowest BCUT2D eigenvalue weighted by atomic mass is 10.2. The van der Waals surface area contributed by atoms with Crippen LogP contribution in [0.2, 0.25) is 0 Å². The molecule has 0 fully saturated rings. The van der Waals surface area contributed by atoms with Crippen LogP contribution in [-0.2, 0) is 0 Å². The van der Waals surface area contributed by atoms with Gasteiger partial charge in [-0.05, 0) is 6.42 Å². The first kappa shape index (κ1) is 14.7. The Morgan fingerprint density at radius 3 is 2.69 bits per heavy atom. The van der Waals surface area contributed by atoms with Crippen molar-refractivity contribution in [1.29, 1.82) is 0 Å². The van der Waals surface area contributed by atoms with Gasteiger partial charge < -0.3 is 5.11 Å². The number of unbranched alkanes of at least 4 members (excludes halogenated alkanes) is 3. The summed E-state index contributed by atoms with van der Waals surface area (Å²) >= 11 is 0. The molecule has 0 rings (SSSR count). The maximum absolute atomic E-state index is 9.50. The Morgan fingerprint density at radius 2 is 2.00 bits per heavy atom. The highest BCUT2D eigenvalue weighted by Crippen LogP contribution is 1.98. The molecule has 0 saturated carbocycles. The van der Waals surface area contributed by atoms with E-state index >= 15 is 0 Å². The molecule has 0 aliphatic rings. The molecule has 0 aromatic rings. The molecule has 0 aliphatic carbocycles. The van der Waals surface area contributed by atoms with Crippen LogP contribution in [0.4, 0.5) is 0 Å². The van der Waals surface area contributed by atoms with Gasteiger partial charge in [0.15, 0.2) is 0 Å². The predicted molar refractivity (Wildman–Crippen MR) is 71.0 cm³/mol. The largest absolute Gasteiger partial charge is 0.388 e. The van der Waals surface area contributed by atoms with Gasteiger partial charge in [-0.1, -0.05) is 56.7 Å². The number of aliphatic hydroxyl groups is 1. The average molecular weight is 218 g/mol. The van der Waals surface area contributed by atoms with Crippen molar-refractivity contribution in [2.24, 2.45) is 0 Å². The molecule has 0 aromatic heterocycles. The molecule has 1 nitrogen and oxygen atoms in total. The van der Waals surface area contributed by atoms with Gasteiger partial charge in [-0.15, -0.1) is 11.8 Å². The van der Waals surface area contributed by atoms with Crippen molar-refractivity contribution < 1.29 is 5.11 Å². The van der Waals surface area contributed by atoms with Crippen LogP contribution in [0.25, 0.3) is 0 Å². The summed E-state index contributed by atoms with van der Waals surface area (Å²) in [6.45, 7) is 5.74. The minimum atomic E-state index is -0.465. The molecule has 0 aliphatic heterocycles. The second-order valence-electron chi connectivity index (χ2n) is 3.59. The van der Waals surface area contributed by atoms with Crippen molar-refractivity contribution in [3.8, 4) is 11.8 Å². The lowest BCUT2D eigenvalue weighted by molar-refractivity contribution is 0.229. The summed E-state index contributed by atoms with van der Waals surface area (Å²) in [6, 6.07) is 0. The molecule has 0 bridgehead atoms. The normalized spacial score (nSPS) is 12.6. The second kappa shape index (κ2) is 11.8. The molecule has 0 radical (unpaired) electrons. The highest BCUT2D eigenvalue weighted by molar-refractivity contribution is 5.11. The Bertz CT molecular complexity index is 276. The minimum absolute atomic E-state index is 0.465. The zero-order valence-corrected chi connectivity index (χ0v) is 10.2. The number of hydrogen-bond acceptors (Lipinski definition) is 1. The van der Waals surface area contributed by atoms with Crippen LogP contribution >= 0.6 is 0 Å². The zero-order valence-electron chi connectivity index (χ0n) is 10.2. The van der Waals surface area contributed by atoms with E-state index < -0.39 is 6.10 Å². The average Bonchev–Trinajstić information content (AvgIpc) is 2.29. The van der Waals surface area contributed by atoms with Crippen LogP contribution in [0.3, 0.4) is 0 Å². The first-order valence-electron chi connectivity index (χ1n) is 5.91. The number of hydrogen-bond donors (Lipinski definition) is 1. The van der Waals surface area contributed by atoms with Crippen molar-refractivity contribution in [3.63, 3.8) is 0 Å². The van der Waals surface area contributed by atoms with Gasteiger partial charge in [-0.25, -0.2) is 0 Å². The van der Waals surface area contributed by atoms with E-state index in [1.807, 2.05) is 18.2 Å². The lowest BCUT2D eigenvalue weighted by Crippen LogP contribution is -1.98. The third-order valence-corrected chi connectivity index (χ3v) is 2.03. The Kier molecular flexibility index (Phi) is 10.9. The van der Waals surface area contributed by atoms with E-state index in [-0.39, 0.29) is 0 Å². The molecule has 0 spiro atoms. The van der Waals surface area contributed by atoms with Crippen molar-refractivity contribution in [2.45, 2.75) is 45.1 Å². The summed E-state index contributed by atoms with van der Waals surface area (Å²) in [6.07, 6.45) is 13.5. The van der Waals surface area contributed by atoms with E-state index in [4.69, 9.17) is 0 Å². The fourth-order valence-electron chi connectivity index (χ4n) is 1.13. The first-order chi connectivity index (χ1) is 7.81. The van der Waals surface area contributed by atoms with E-state index in [1.54, 1.807) is 12.2 Å². The fraction of sp³-hybridized carbons (Fsp3) is 0.467. The van der Waals surface area contributed by atoms with Gasteiger partial charge in [0.05, 0.1) is 6.10 Å². The molecule has 1 N–H and O–H groups in total. The lowest BCUT2D eigenvalue weighted by Gasteiger charge is -1.96. The SMILES string of the molecule is C=C/C=C/C=C/[C@H](O)CC#CCCCCC. The third kappa shape index (κ3) is 10.8. The highest BCUT2D eigenvalue weighted by atomic mass is 16.3. The van der Waals surface area contributed by atoms with Crippen LogP contribution in [0.15, 0.2) is 37.0 Å². The Hall–Kier alpha value is -1.26. The maximum atomic E-state index is 9.50. The van der Waals surface area contributed by atoms with Crippen molar-refractivity contribution in [2.75, 3.05) is 0 Å². The summed E-state index contributed by atoms with van der Waals surface area (Å²) in [4.78, 5) is 0. The summed E-state index contributed by atoms with van der Waals surface area (Å²) in [7, 11) is 0. The van der Waals surface area contributed by atoms with E-state index in [0.29, 0.717) is 6.42 Å². The standard InChI is InChI=1S/C15H22O/c1-3-5-7-9-10-12-14-15(16)13-11-8-6-4-2/h4,6,8,11,13,15-16H,2-3,5,7,9,14H2,1H3/b8-6+,13-11+/t15-/m0/s1. The quantitative estimate of drug-likeness (QED) is 0.393. The summed E-state index contributed by atoms with van der Waals surface area (Å²) < 4.78 is 0. The van der Waals surface area contributed by atoms with Crippen LogP contribution in [0.1, 0.15) is 39.0 Å². The zero-order chi connectivity index (χ0) is 12.1. The van der Waals surface area contributed by atoms with Crippen molar-refractivity contribution in [1.82, 2.24) is 0 Å². The monoisotopic (exact) mass is 218 g/mol.